The Labute approximate surface area is 162 Å². The lowest BCUT2D eigenvalue weighted by molar-refractivity contribution is -0.262. The standard InChI is InChI=1S/C19H24INO4/c1-17(2,3)25-16(22)21-19(12-23-18(4,5)24-13-19)11-10-14-6-8-15(20)9-7-14/h6-9H,12-13H2,1-5H3,(H,21,22). The number of amides is 1. The van der Waals surface area contributed by atoms with Crippen LogP contribution in [0.15, 0.2) is 24.3 Å². The van der Waals surface area contributed by atoms with Gasteiger partial charge < -0.3 is 19.5 Å². The molecule has 0 radical (unpaired) electrons. The van der Waals surface area contributed by atoms with Crippen LogP contribution in [0.4, 0.5) is 4.79 Å². The van der Waals surface area contributed by atoms with E-state index >= 15 is 0 Å². The average Bonchev–Trinajstić information content (AvgIpc) is 2.48. The van der Waals surface area contributed by atoms with Crippen LogP contribution in [-0.4, -0.2) is 36.2 Å². The molecule has 1 heterocycles. The largest absolute Gasteiger partial charge is 0.444 e. The zero-order valence-electron chi connectivity index (χ0n) is 15.2. The third-order valence-electron chi connectivity index (χ3n) is 3.36. The molecule has 25 heavy (non-hydrogen) atoms. The van der Waals surface area contributed by atoms with Crippen LogP contribution in [0.3, 0.4) is 0 Å². The summed E-state index contributed by atoms with van der Waals surface area (Å²) in [5.41, 5.74) is -0.693. The Morgan fingerprint density at radius 3 is 2.28 bits per heavy atom. The van der Waals surface area contributed by atoms with Gasteiger partial charge in [0.15, 0.2) is 11.3 Å². The van der Waals surface area contributed by atoms with Crippen LogP contribution in [0.1, 0.15) is 40.2 Å². The predicted octanol–water partition coefficient (Wildman–Crippen LogP) is 3.69. The molecule has 0 unspecified atom stereocenters. The fourth-order valence-electron chi connectivity index (χ4n) is 2.08. The summed E-state index contributed by atoms with van der Waals surface area (Å²) in [4.78, 5) is 12.2. The Kier molecular flexibility index (Phi) is 6.02. The summed E-state index contributed by atoms with van der Waals surface area (Å²) in [5, 5.41) is 2.82. The van der Waals surface area contributed by atoms with E-state index in [4.69, 9.17) is 14.2 Å². The molecule has 1 aliphatic heterocycles. The summed E-state index contributed by atoms with van der Waals surface area (Å²) in [6.45, 7) is 9.54. The second-order valence-corrected chi connectivity index (χ2v) is 8.69. The summed E-state index contributed by atoms with van der Waals surface area (Å²) in [6, 6.07) is 7.83. The average molecular weight is 457 g/mol. The Morgan fingerprint density at radius 2 is 1.76 bits per heavy atom. The molecule has 1 N–H and O–H groups in total. The minimum atomic E-state index is -0.957. The summed E-state index contributed by atoms with van der Waals surface area (Å²) < 4.78 is 17.9. The van der Waals surface area contributed by atoms with Crippen molar-refractivity contribution in [3.8, 4) is 11.8 Å². The highest BCUT2D eigenvalue weighted by molar-refractivity contribution is 14.1. The molecule has 5 nitrogen and oxygen atoms in total. The molecule has 1 aliphatic rings. The number of rotatable bonds is 1. The quantitative estimate of drug-likeness (QED) is 0.517. The highest BCUT2D eigenvalue weighted by Gasteiger charge is 2.41. The molecule has 0 spiro atoms. The lowest BCUT2D eigenvalue weighted by Crippen LogP contribution is -2.60. The number of hydrogen-bond donors (Lipinski definition) is 1. The second-order valence-electron chi connectivity index (χ2n) is 7.44. The number of benzene rings is 1. The van der Waals surface area contributed by atoms with Crippen molar-refractivity contribution >= 4 is 28.7 Å². The second kappa shape index (κ2) is 7.52. The topological polar surface area (TPSA) is 56.8 Å². The van der Waals surface area contributed by atoms with Gasteiger partial charge in [-0.15, -0.1) is 0 Å². The molecule has 1 saturated heterocycles. The van der Waals surface area contributed by atoms with Crippen molar-refractivity contribution in [3.05, 3.63) is 33.4 Å². The summed E-state index contributed by atoms with van der Waals surface area (Å²) in [7, 11) is 0. The van der Waals surface area contributed by atoms with Gasteiger partial charge in [0.25, 0.3) is 0 Å². The molecular weight excluding hydrogens is 433 g/mol. The van der Waals surface area contributed by atoms with E-state index in [1.165, 1.54) is 0 Å². The molecule has 1 amide bonds. The van der Waals surface area contributed by atoms with Gasteiger partial charge in [-0.1, -0.05) is 11.8 Å². The fraction of sp³-hybridized carbons (Fsp3) is 0.526. The first-order valence-electron chi connectivity index (χ1n) is 8.07. The zero-order chi connectivity index (χ0) is 18.7. The first-order valence-corrected chi connectivity index (χ1v) is 9.14. The Morgan fingerprint density at radius 1 is 1.20 bits per heavy atom. The van der Waals surface area contributed by atoms with E-state index in [1.807, 2.05) is 58.9 Å². The number of ether oxygens (including phenoxy) is 3. The van der Waals surface area contributed by atoms with E-state index in [2.05, 4.69) is 39.7 Å². The normalized spacial score (nSPS) is 18.6. The molecule has 1 fully saturated rings. The number of alkyl carbamates (subject to hydrolysis) is 1. The van der Waals surface area contributed by atoms with Gasteiger partial charge in [0.05, 0.1) is 13.2 Å². The molecule has 136 valence electrons. The SMILES string of the molecule is CC(C)(C)OC(=O)NC1(C#Cc2ccc(I)cc2)COC(C)(C)OC1. The van der Waals surface area contributed by atoms with E-state index < -0.39 is 23.0 Å². The molecular formula is C19H24INO4. The van der Waals surface area contributed by atoms with Crippen molar-refractivity contribution in [1.82, 2.24) is 5.32 Å². The molecule has 0 bridgehead atoms. The van der Waals surface area contributed by atoms with Gasteiger partial charge in [0.1, 0.15) is 5.60 Å². The summed E-state index contributed by atoms with van der Waals surface area (Å²) in [6.07, 6.45) is -0.545. The first-order chi connectivity index (χ1) is 11.5. The van der Waals surface area contributed by atoms with Gasteiger partial charge in [0.2, 0.25) is 0 Å². The highest BCUT2D eigenvalue weighted by atomic mass is 127. The van der Waals surface area contributed by atoms with E-state index in [0.29, 0.717) is 0 Å². The van der Waals surface area contributed by atoms with Crippen LogP contribution >= 0.6 is 22.6 Å². The van der Waals surface area contributed by atoms with E-state index in [0.717, 1.165) is 9.13 Å². The van der Waals surface area contributed by atoms with Crippen molar-refractivity contribution in [2.75, 3.05) is 13.2 Å². The lowest BCUT2D eigenvalue weighted by Gasteiger charge is -2.41. The van der Waals surface area contributed by atoms with Crippen LogP contribution in [-0.2, 0) is 14.2 Å². The van der Waals surface area contributed by atoms with Crippen LogP contribution in [0.25, 0.3) is 0 Å². The minimum Gasteiger partial charge on any atom is -0.444 e. The smallest absolute Gasteiger partial charge is 0.409 e. The number of carbonyl (C=O) groups is 1. The molecule has 2 rings (SSSR count). The minimum absolute atomic E-state index is 0.219. The van der Waals surface area contributed by atoms with Crippen molar-refractivity contribution in [2.24, 2.45) is 0 Å². The van der Waals surface area contributed by atoms with Crippen molar-refractivity contribution in [3.63, 3.8) is 0 Å². The molecule has 0 saturated carbocycles. The summed E-state index contributed by atoms with van der Waals surface area (Å²) in [5.74, 6) is 5.50. The van der Waals surface area contributed by atoms with Crippen LogP contribution < -0.4 is 5.32 Å². The van der Waals surface area contributed by atoms with E-state index in [1.54, 1.807) is 0 Å². The molecule has 6 heteroatoms. The van der Waals surface area contributed by atoms with Gasteiger partial charge in [-0.3, -0.25) is 0 Å². The van der Waals surface area contributed by atoms with Crippen molar-refractivity contribution < 1.29 is 19.0 Å². The Hall–Kier alpha value is -1.30. The van der Waals surface area contributed by atoms with Crippen molar-refractivity contribution in [2.45, 2.75) is 51.5 Å². The maximum absolute atomic E-state index is 12.2. The number of hydrogen-bond acceptors (Lipinski definition) is 4. The van der Waals surface area contributed by atoms with Crippen LogP contribution in [0, 0.1) is 15.4 Å². The first kappa shape index (κ1) is 20.0. The Bertz CT molecular complexity index is 670. The van der Waals surface area contributed by atoms with Crippen molar-refractivity contribution in [1.29, 1.82) is 0 Å². The maximum Gasteiger partial charge on any atom is 0.409 e. The number of halogens is 1. The molecule has 1 aromatic rings. The summed E-state index contributed by atoms with van der Waals surface area (Å²) >= 11 is 2.24. The molecule has 0 aliphatic carbocycles. The number of carbonyl (C=O) groups excluding carboxylic acids is 1. The van der Waals surface area contributed by atoms with Gasteiger partial charge in [-0.05, 0) is 81.5 Å². The highest BCUT2D eigenvalue weighted by Crippen LogP contribution is 2.24. The molecule has 0 aromatic heterocycles. The third kappa shape index (κ3) is 6.49. The maximum atomic E-state index is 12.2. The van der Waals surface area contributed by atoms with E-state index in [9.17, 15) is 4.79 Å². The van der Waals surface area contributed by atoms with Gasteiger partial charge in [-0.2, -0.15) is 0 Å². The van der Waals surface area contributed by atoms with Gasteiger partial charge in [0, 0.05) is 9.13 Å². The monoisotopic (exact) mass is 457 g/mol. The Balaban J connectivity index is 2.21. The molecule has 1 aromatic carbocycles. The predicted molar refractivity (Wildman–Crippen MR) is 104 cm³/mol. The number of nitrogens with one attached hydrogen (secondary N) is 1. The van der Waals surface area contributed by atoms with Gasteiger partial charge >= 0.3 is 6.09 Å². The molecule has 0 atom stereocenters. The third-order valence-corrected chi connectivity index (χ3v) is 4.08. The van der Waals surface area contributed by atoms with E-state index in [-0.39, 0.29) is 13.2 Å². The van der Waals surface area contributed by atoms with Gasteiger partial charge in [-0.25, -0.2) is 4.79 Å². The zero-order valence-corrected chi connectivity index (χ0v) is 17.4. The lowest BCUT2D eigenvalue weighted by atomic mass is 10.0. The fourth-order valence-corrected chi connectivity index (χ4v) is 2.44. The van der Waals surface area contributed by atoms with Crippen LogP contribution in [0.2, 0.25) is 0 Å². The van der Waals surface area contributed by atoms with Crippen LogP contribution in [0.5, 0.6) is 0 Å².